The number of hydrogen-bond donors (Lipinski definition) is 2. The van der Waals surface area contributed by atoms with Gasteiger partial charge in [-0.1, -0.05) is 12.1 Å². The van der Waals surface area contributed by atoms with Crippen molar-refractivity contribution in [3.05, 3.63) is 45.8 Å². The highest BCUT2D eigenvalue weighted by molar-refractivity contribution is 6.14. The minimum atomic E-state index is -0.528. The smallest absolute Gasteiger partial charge is 0.348 e. The van der Waals surface area contributed by atoms with E-state index < -0.39 is 5.63 Å². The van der Waals surface area contributed by atoms with Crippen LogP contribution >= 0.6 is 0 Å². The van der Waals surface area contributed by atoms with E-state index in [4.69, 9.17) is 8.83 Å². The molecule has 4 aromatic rings. The molecule has 2 aromatic heterocycles. The van der Waals surface area contributed by atoms with Gasteiger partial charge in [0, 0.05) is 11.5 Å². The van der Waals surface area contributed by atoms with E-state index in [2.05, 4.69) is 0 Å². The van der Waals surface area contributed by atoms with E-state index in [1.165, 1.54) is 12.1 Å². The van der Waals surface area contributed by atoms with Crippen LogP contribution in [-0.2, 0) is 0 Å². The molecular weight excluding hydrogens is 284 g/mol. The zero-order valence-corrected chi connectivity index (χ0v) is 11.9. The van der Waals surface area contributed by atoms with Crippen molar-refractivity contribution in [2.75, 3.05) is 0 Å². The average molecular weight is 296 g/mol. The van der Waals surface area contributed by atoms with E-state index >= 15 is 0 Å². The van der Waals surface area contributed by atoms with Crippen LogP contribution in [0.4, 0.5) is 0 Å². The Morgan fingerprint density at radius 1 is 0.864 bits per heavy atom. The van der Waals surface area contributed by atoms with Gasteiger partial charge in [-0.25, -0.2) is 4.79 Å². The maximum absolute atomic E-state index is 12.4. The molecule has 0 spiro atoms. The van der Waals surface area contributed by atoms with Crippen LogP contribution in [0.5, 0.6) is 11.5 Å². The molecule has 0 fully saturated rings. The van der Waals surface area contributed by atoms with E-state index in [-0.39, 0.29) is 16.9 Å². The Balaban J connectivity index is 2.37. The SMILES string of the molecule is Cc1ccc(C)c2c1oc(=O)c1c3cc(O)c(O)cc3oc21. The molecule has 0 saturated carbocycles. The summed E-state index contributed by atoms with van der Waals surface area (Å²) in [5.74, 6) is -0.608. The fourth-order valence-corrected chi connectivity index (χ4v) is 2.84. The second-order valence-corrected chi connectivity index (χ2v) is 5.44. The lowest BCUT2D eigenvalue weighted by Gasteiger charge is -2.04. The van der Waals surface area contributed by atoms with Crippen LogP contribution in [0.25, 0.3) is 32.9 Å². The predicted molar refractivity (Wildman–Crippen MR) is 82.6 cm³/mol. The maximum atomic E-state index is 12.4. The van der Waals surface area contributed by atoms with Gasteiger partial charge < -0.3 is 19.0 Å². The van der Waals surface area contributed by atoms with Crippen molar-refractivity contribution in [2.45, 2.75) is 13.8 Å². The van der Waals surface area contributed by atoms with Crippen molar-refractivity contribution < 1.29 is 19.0 Å². The van der Waals surface area contributed by atoms with Crippen LogP contribution in [0.15, 0.2) is 37.9 Å². The third-order valence-corrected chi connectivity index (χ3v) is 3.97. The van der Waals surface area contributed by atoms with Crippen molar-refractivity contribution in [1.29, 1.82) is 0 Å². The number of fused-ring (bicyclic) bond motifs is 5. The molecular formula is C17H12O5. The summed E-state index contributed by atoms with van der Waals surface area (Å²) in [6, 6.07) is 6.41. The molecule has 2 aromatic carbocycles. The minimum Gasteiger partial charge on any atom is -0.504 e. The Kier molecular flexibility index (Phi) is 2.34. The van der Waals surface area contributed by atoms with Gasteiger partial charge in [-0.3, -0.25) is 0 Å². The van der Waals surface area contributed by atoms with Crippen LogP contribution in [0, 0.1) is 13.8 Å². The van der Waals surface area contributed by atoms with E-state index in [9.17, 15) is 15.0 Å². The Labute approximate surface area is 124 Å². The van der Waals surface area contributed by atoms with Gasteiger partial charge >= 0.3 is 5.63 Å². The molecule has 2 N–H and O–H groups in total. The Morgan fingerprint density at radius 2 is 1.55 bits per heavy atom. The lowest BCUT2D eigenvalue weighted by Crippen LogP contribution is -2.00. The summed E-state index contributed by atoms with van der Waals surface area (Å²) in [4.78, 5) is 12.4. The first-order valence-electron chi connectivity index (χ1n) is 6.78. The van der Waals surface area contributed by atoms with Gasteiger partial charge in [0.25, 0.3) is 0 Å². The van der Waals surface area contributed by atoms with Gasteiger partial charge in [0.2, 0.25) is 0 Å². The quantitative estimate of drug-likeness (QED) is 0.381. The topological polar surface area (TPSA) is 83.8 Å². The summed E-state index contributed by atoms with van der Waals surface area (Å²) >= 11 is 0. The highest BCUT2D eigenvalue weighted by Gasteiger charge is 2.19. The van der Waals surface area contributed by atoms with Crippen molar-refractivity contribution >= 4 is 32.9 Å². The van der Waals surface area contributed by atoms with E-state index in [0.717, 1.165) is 16.5 Å². The van der Waals surface area contributed by atoms with Crippen molar-refractivity contribution in [3.63, 3.8) is 0 Å². The van der Waals surface area contributed by atoms with Gasteiger partial charge in [-0.15, -0.1) is 0 Å². The highest BCUT2D eigenvalue weighted by Crippen LogP contribution is 2.38. The van der Waals surface area contributed by atoms with Crippen molar-refractivity contribution in [3.8, 4) is 11.5 Å². The first-order chi connectivity index (χ1) is 10.5. The molecule has 0 amide bonds. The van der Waals surface area contributed by atoms with Crippen molar-refractivity contribution in [2.24, 2.45) is 0 Å². The maximum Gasteiger partial charge on any atom is 0.348 e. The number of phenols is 2. The van der Waals surface area contributed by atoms with Gasteiger partial charge in [0.1, 0.15) is 16.6 Å². The van der Waals surface area contributed by atoms with E-state index in [1.54, 1.807) is 0 Å². The molecule has 0 radical (unpaired) electrons. The standard InChI is InChI=1S/C17H12O5/c1-7-3-4-8(2)15-13(7)16-14(17(20)22-15)9-5-10(18)11(19)6-12(9)21-16/h3-6,18-19H,1-2H3. The molecule has 0 aliphatic heterocycles. The van der Waals surface area contributed by atoms with Gasteiger partial charge in [0.05, 0.1) is 5.39 Å². The third-order valence-electron chi connectivity index (χ3n) is 3.97. The number of phenolic OH excluding ortho intramolecular Hbond substituents is 2. The van der Waals surface area contributed by atoms with Crippen LogP contribution in [0.3, 0.4) is 0 Å². The predicted octanol–water partition coefficient (Wildman–Crippen LogP) is 3.72. The Bertz CT molecular complexity index is 1130. The largest absolute Gasteiger partial charge is 0.504 e. The fraction of sp³-hybridized carbons (Fsp3) is 0.118. The average Bonchev–Trinajstić information content (AvgIpc) is 2.82. The second-order valence-electron chi connectivity index (χ2n) is 5.44. The number of furan rings is 1. The molecule has 0 bridgehead atoms. The number of aryl methyl sites for hydroxylation is 2. The summed E-state index contributed by atoms with van der Waals surface area (Å²) in [7, 11) is 0. The van der Waals surface area contributed by atoms with Crippen LogP contribution in [-0.4, -0.2) is 10.2 Å². The van der Waals surface area contributed by atoms with Gasteiger partial charge in [-0.2, -0.15) is 0 Å². The minimum absolute atomic E-state index is 0.270. The monoisotopic (exact) mass is 296 g/mol. The molecule has 22 heavy (non-hydrogen) atoms. The zero-order valence-electron chi connectivity index (χ0n) is 11.9. The molecule has 0 saturated heterocycles. The highest BCUT2D eigenvalue weighted by atomic mass is 16.4. The number of aromatic hydroxyl groups is 2. The molecule has 0 unspecified atom stereocenters. The van der Waals surface area contributed by atoms with Crippen LogP contribution in [0.1, 0.15) is 11.1 Å². The fourth-order valence-electron chi connectivity index (χ4n) is 2.84. The van der Waals surface area contributed by atoms with Gasteiger partial charge in [0.15, 0.2) is 17.1 Å². The molecule has 5 nitrogen and oxygen atoms in total. The molecule has 4 rings (SSSR count). The zero-order chi connectivity index (χ0) is 15.6. The lowest BCUT2D eigenvalue weighted by molar-refractivity contribution is 0.404. The van der Waals surface area contributed by atoms with Crippen LogP contribution in [0.2, 0.25) is 0 Å². The number of rotatable bonds is 0. The van der Waals surface area contributed by atoms with Gasteiger partial charge in [-0.05, 0) is 31.0 Å². The van der Waals surface area contributed by atoms with E-state index in [1.807, 2.05) is 26.0 Å². The van der Waals surface area contributed by atoms with Crippen molar-refractivity contribution in [1.82, 2.24) is 0 Å². The molecule has 5 heteroatoms. The summed E-state index contributed by atoms with van der Waals surface area (Å²) in [5.41, 5.74) is 2.45. The molecule has 0 aliphatic carbocycles. The number of benzene rings is 2. The third kappa shape index (κ3) is 1.50. The Morgan fingerprint density at radius 3 is 2.32 bits per heavy atom. The summed E-state index contributed by atoms with van der Waals surface area (Å²) < 4.78 is 11.3. The summed E-state index contributed by atoms with van der Waals surface area (Å²) in [5, 5.41) is 20.7. The molecule has 0 atom stereocenters. The lowest BCUT2D eigenvalue weighted by atomic mass is 10.0. The first-order valence-corrected chi connectivity index (χ1v) is 6.78. The first kappa shape index (κ1) is 12.8. The second kappa shape index (κ2) is 4.04. The Hall–Kier alpha value is -2.95. The van der Waals surface area contributed by atoms with Crippen LogP contribution < -0.4 is 5.63 Å². The molecule has 110 valence electrons. The normalized spacial score (nSPS) is 11.7. The molecule has 2 heterocycles. The number of hydrogen-bond acceptors (Lipinski definition) is 5. The van der Waals surface area contributed by atoms with E-state index in [0.29, 0.717) is 22.1 Å². The molecule has 0 aliphatic rings. The summed E-state index contributed by atoms with van der Waals surface area (Å²) in [6.45, 7) is 3.76. The summed E-state index contributed by atoms with van der Waals surface area (Å²) in [6.07, 6.45) is 0.